The van der Waals surface area contributed by atoms with Crippen molar-refractivity contribution >= 4 is 16.8 Å². The molecular weight excluding hydrogens is 302 g/mol. The first kappa shape index (κ1) is 16.3. The number of carbonyl (C=O) groups excluding carboxylic acids is 1. The maximum Gasteiger partial charge on any atom is 0.221 e. The van der Waals surface area contributed by atoms with Crippen molar-refractivity contribution in [1.29, 1.82) is 0 Å². The van der Waals surface area contributed by atoms with Crippen LogP contribution in [0.2, 0.25) is 0 Å². The van der Waals surface area contributed by atoms with E-state index in [0.29, 0.717) is 19.5 Å². The van der Waals surface area contributed by atoms with Gasteiger partial charge >= 0.3 is 0 Å². The highest BCUT2D eigenvalue weighted by atomic mass is 16.3. The maximum absolute atomic E-state index is 12.2. The number of nitrogens with zero attached hydrogens (tertiary/aromatic N) is 2. The van der Waals surface area contributed by atoms with Crippen molar-refractivity contribution in [3.8, 4) is 0 Å². The third kappa shape index (κ3) is 3.68. The Morgan fingerprint density at radius 3 is 2.79 bits per heavy atom. The molecule has 2 heterocycles. The molecule has 0 saturated heterocycles. The van der Waals surface area contributed by atoms with Gasteiger partial charge in [-0.2, -0.15) is 0 Å². The standard InChI is InChI=1S/C19H23N3O2/c1-21(2)17(18-8-5-13-24-18)14-20-19(23)10-12-22-11-9-15-6-3-4-7-16(15)22/h3-9,11,13,17H,10,12,14H2,1-2H3,(H,20,23). The fraction of sp³-hybridized carbons (Fsp3) is 0.316. The average molecular weight is 325 g/mol. The van der Waals surface area contributed by atoms with E-state index in [1.165, 1.54) is 5.39 Å². The van der Waals surface area contributed by atoms with E-state index in [1.54, 1.807) is 6.26 Å². The van der Waals surface area contributed by atoms with Crippen molar-refractivity contribution in [2.45, 2.75) is 19.0 Å². The highest BCUT2D eigenvalue weighted by Gasteiger charge is 2.17. The van der Waals surface area contributed by atoms with E-state index in [9.17, 15) is 4.79 Å². The zero-order valence-electron chi connectivity index (χ0n) is 14.1. The van der Waals surface area contributed by atoms with E-state index in [-0.39, 0.29) is 11.9 Å². The van der Waals surface area contributed by atoms with Crippen LogP contribution in [0.4, 0.5) is 0 Å². The molecule has 1 aromatic carbocycles. The van der Waals surface area contributed by atoms with Crippen LogP contribution in [-0.2, 0) is 11.3 Å². The summed E-state index contributed by atoms with van der Waals surface area (Å²) in [4.78, 5) is 14.2. The summed E-state index contributed by atoms with van der Waals surface area (Å²) in [5.74, 6) is 0.905. The van der Waals surface area contributed by atoms with Crippen molar-refractivity contribution in [3.63, 3.8) is 0 Å². The number of hydrogen-bond acceptors (Lipinski definition) is 3. The van der Waals surface area contributed by atoms with Gasteiger partial charge in [-0.15, -0.1) is 0 Å². The third-order valence-corrected chi connectivity index (χ3v) is 4.25. The molecule has 0 fully saturated rings. The van der Waals surface area contributed by atoms with Gasteiger partial charge in [0.1, 0.15) is 5.76 Å². The monoisotopic (exact) mass is 325 g/mol. The van der Waals surface area contributed by atoms with Crippen LogP contribution in [0.3, 0.4) is 0 Å². The molecule has 0 spiro atoms. The Kier molecular flexibility index (Phi) is 5.01. The molecule has 1 N–H and O–H groups in total. The largest absolute Gasteiger partial charge is 0.468 e. The Balaban J connectivity index is 1.54. The number of para-hydroxylation sites is 1. The maximum atomic E-state index is 12.2. The van der Waals surface area contributed by atoms with Crippen LogP contribution in [0, 0.1) is 0 Å². The smallest absolute Gasteiger partial charge is 0.221 e. The summed E-state index contributed by atoms with van der Waals surface area (Å²) in [6, 6.07) is 14.1. The average Bonchev–Trinajstić information content (AvgIpc) is 3.23. The van der Waals surface area contributed by atoms with E-state index in [2.05, 4.69) is 28.1 Å². The number of benzene rings is 1. The SMILES string of the molecule is CN(C)C(CNC(=O)CCn1ccc2ccccc21)c1ccco1. The van der Waals surface area contributed by atoms with Gasteiger partial charge in [0.25, 0.3) is 0 Å². The molecule has 0 aliphatic heterocycles. The molecular formula is C19H23N3O2. The van der Waals surface area contributed by atoms with Gasteiger partial charge in [0.15, 0.2) is 0 Å². The van der Waals surface area contributed by atoms with Crippen LogP contribution in [-0.4, -0.2) is 36.0 Å². The van der Waals surface area contributed by atoms with Gasteiger partial charge in [-0.05, 0) is 43.7 Å². The molecule has 126 valence electrons. The molecule has 5 heteroatoms. The number of rotatable bonds is 7. The van der Waals surface area contributed by atoms with Crippen LogP contribution < -0.4 is 5.32 Å². The normalized spacial score (nSPS) is 12.6. The number of nitrogens with one attached hydrogen (secondary N) is 1. The van der Waals surface area contributed by atoms with E-state index >= 15 is 0 Å². The lowest BCUT2D eigenvalue weighted by Crippen LogP contribution is -2.34. The van der Waals surface area contributed by atoms with Crippen LogP contribution in [0.1, 0.15) is 18.2 Å². The van der Waals surface area contributed by atoms with E-state index in [0.717, 1.165) is 11.3 Å². The van der Waals surface area contributed by atoms with Gasteiger partial charge in [-0.3, -0.25) is 9.69 Å². The first-order valence-electron chi connectivity index (χ1n) is 8.15. The highest BCUT2D eigenvalue weighted by Crippen LogP contribution is 2.18. The number of carbonyl (C=O) groups is 1. The van der Waals surface area contributed by atoms with Crippen molar-refractivity contribution < 1.29 is 9.21 Å². The summed E-state index contributed by atoms with van der Waals surface area (Å²) in [6.45, 7) is 1.21. The molecule has 0 radical (unpaired) electrons. The zero-order chi connectivity index (χ0) is 16.9. The summed E-state index contributed by atoms with van der Waals surface area (Å²) in [6.07, 6.45) is 4.14. The van der Waals surface area contributed by atoms with Crippen LogP contribution in [0.5, 0.6) is 0 Å². The topological polar surface area (TPSA) is 50.4 Å². The van der Waals surface area contributed by atoms with Gasteiger partial charge in [0.2, 0.25) is 5.91 Å². The molecule has 24 heavy (non-hydrogen) atoms. The minimum atomic E-state index is 0.0383. The Labute approximate surface area is 141 Å². The summed E-state index contributed by atoms with van der Waals surface area (Å²) in [5, 5.41) is 4.21. The molecule has 0 aliphatic rings. The number of furan rings is 1. The predicted octanol–water partition coefficient (Wildman–Crippen LogP) is 3.04. The zero-order valence-corrected chi connectivity index (χ0v) is 14.1. The lowest BCUT2D eigenvalue weighted by molar-refractivity contribution is -0.121. The van der Waals surface area contributed by atoms with Crippen LogP contribution >= 0.6 is 0 Å². The summed E-state index contributed by atoms with van der Waals surface area (Å²) in [7, 11) is 3.95. The molecule has 3 rings (SSSR count). The van der Waals surface area contributed by atoms with E-state index < -0.39 is 0 Å². The van der Waals surface area contributed by atoms with Gasteiger partial charge in [0.05, 0.1) is 12.3 Å². The molecule has 1 atom stereocenters. The molecule has 0 bridgehead atoms. The molecule has 3 aromatic rings. The Morgan fingerprint density at radius 2 is 2.04 bits per heavy atom. The minimum absolute atomic E-state index is 0.0383. The van der Waals surface area contributed by atoms with Gasteiger partial charge in [-0.1, -0.05) is 18.2 Å². The fourth-order valence-corrected chi connectivity index (χ4v) is 2.88. The third-order valence-electron chi connectivity index (χ3n) is 4.25. The second-order valence-electron chi connectivity index (χ2n) is 6.12. The van der Waals surface area contributed by atoms with Gasteiger partial charge < -0.3 is 14.3 Å². The Morgan fingerprint density at radius 1 is 1.21 bits per heavy atom. The molecule has 2 aromatic heterocycles. The highest BCUT2D eigenvalue weighted by molar-refractivity contribution is 5.80. The number of hydrogen-bond donors (Lipinski definition) is 1. The Bertz CT molecular complexity index is 790. The van der Waals surface area contributed by atoms with Gasteiger partial charge in [-0.25, -0.2) is 0 Å². The lowest BCUT2D eigenvalue weighted by atomic mass is 10.2. The second-order valence-corrected chi connectivity index (χ2v) is 6.12. The summed E-state index contributed by atoms with van der Waals surface area (Å²) >= 11 is 0. The summed E-state index contributed by atoms with van der Waals surface area (Å²) in [5.41, 5.74) is 1.16. The summed E-state index contributed by atoms with van der Waals surface area (Å²) < 4.78 is 7.58. The molecule has 1 unspecified atom stereocenters. The number of amides is 1. The molecule has 0 saturated carbocycles. The van der Waals surface area contributed by atoms with Gasteiger partial charge in [0, 0.05) is 31.2 Å². The van der Waals surface area contributed by atoms with Crippen LogP contribution in [0.15, 0.2) is 59.3 Å². The van der Waals surface area contributed by atoms with Crippen molar-refractivity contribution in [2.75, 3.05) is 20.6 Å². The predicted molar refractivity (Wildman–Crippen MR) is 94.7 cm³/mol. The second kappa shape index (κ2) is 7.36. The first-order chi connectivity index (χ1) is 11.6. The van der Waals surface area contributed by atoms with Crippen molar-refractivity contribution in [2.24, 2.45) is 0 Å². The quantitative estimate of drug-likeness (QED) is 0.726. The number of fused-ring (bicyclic) bond motifs is 1. The van der Waals surface area contributed by atoms with Crippen molar-refractivity contribution in [1.82, 2.24) is 14.8 Å². The number of aromatic nitrogens is 1. The first-order valence-corrected chi connectivity index (χ1v) is 8.15. The molecule has 0 aliphatic carbocycles. The molecule has 1 amide bonds. The Hall–Kier alpha value is -2.53. The van der Waals surface area contributed by atoms with Crippen molar-refractivity contribution in [3.05, 3.63) is 60.7 Å². The van der Waals surface area contributed by atoms with Crippen LogP contribution in [0.25, 0.3) is 10.9 Å². The molecule has 5 nitrogen and oxygen atoms in total. The number of likely N-dealkylation sites (N-methyl/N-ethyl adjacent to an activating group) is 1. The lowest BCUT2D eigenvalue weighted by Gasteiger charge is -2.22. The van der Waals surface area contributed by atoms with E-state index in [4.69, 9.17) is 4.42 Å². The minimum Gasteiger partial charge on any atom is -0.468 e. The number of aryl methyl sites for hydroxylation is 1. The fourth-order valence-electron chi connectivity index (χ4n) is 2.88. The van der Waals surface area contributed by atoms with E-state index in [1.807, 2.05) is 49.5 Å².